The standard InChI is InChI=1S/C11H14ClNO2S/c1-9-3-2-4-10(13-9)5-6-11(7-8-11)16(12,14)15/h2-4H,5-8H2,1H3. The van der Waals surface area contributed by atoms with E-state index in [0.29, 0.717) is 25.7 Å². The minimum absolute atomic E-state index is 0.579. The van der Waals surface area contributed by atoms with Gasteiger partial charge in [0.2, 0.25) is 9.05 Å². The van der Waals surface area contributed by atoms with Crippen molar-refractivity contribution >= 4 is 19.7 Å². The van der Waals surface area contributed by atoms with Crippen LogP contribution in [0.1, 0.15) is 30.7 Å². The summed E-state index contributed by atoms with van der Waals surface area (Å²) < 4.78 is 22.0. The van der Waals surface area contributed by atoms with Gasteiger partial charge in [-0.05, 0) is 44.7 Å². The number of halogens is 1. The Labute approximate surface area is 100 Å². The zero-order valence-corrected chi connectivity index (χ0v) is 10.7. The van der Waals surface area contributed by atoms with Crippen molar-refractivity contribution in [1.82, 2.24) is 4.98 Å². The smallest absolute Gasteiger partial charge is 0.238 e. The zero-order chi connectivity index (χ0) is 11.8. The molecule has 0 amide bonds. The molecule has 0 radical (unpaired) electrons. The summed E-state index contributed by atoms with van der Waals surface area (Å²) in [4.78, 5) is 4.35. The molecular weight excluding hydrogens is 246 g/mol. The fourth-order valence-electron chi connectivity index (χ4n) is 1.85. The fourth-order valence-corrected chi connectivity index (χ4v) is 3.48. The Bertz CT molecular complexity index is 494. The maximum atomic E-state index is 11.3. The van der Waals surface area contributed by atoms with Gasteiger partial charge >= 0.3 is 0 Å². The Hall–Kier alpha value is -0.610. The molecule has 3 nitrogen and oxygen atoms in total. The van der Waals surface area contributed by atoms with Gasteiger partial charge in [0.05, 0.1) is 4.75 Å². The third-order valence-corrected chi connectivity index (χ3v) is 5.74. The molecule has 0 spiro atoms. The second-order valence-corrected chi connectivity index (χ2v) is 7.35. The van der Waals surface area contributed by atoms with Crippen molar-refractivity contribution in [3.05, 3.63) is 29.6 Å². The molecule has 1 aliphatic rings. The lowest BCUT2D eigenvalue weighted by molar-refractivity contribution is 0.581. The lowest BCUT2D eigenvalue weighted by Crippen LogP contribution is -2.18. The molecule has 0 bridgehead atoms. The molecule has 1 heterocycles. The van der Waals surface area contributed by atoms with Crippen molar-refractivity contribution in [3.8, 4) is 0 Å². The van der Waals surface area contributed by atoms with E-state index in [0.717, 1.165) is 11.4 Å². The Balaban J connectivity index is 2.04. The van der Waals surface area contributed by atoms with Gasteiger partial charge in [-0.25, -0.2) is 8.42 Å². The molecule has 0 saturated heterocycles. The monoisotopic (exact) mass is 259 g/mol. The number of rotatable bonds is 4. The van der Waals surface area contributed by atoms with E-state index < -0.39 is 13.8 Å². The van der Waals surface area contributed by atoms with Gasteiger partial charge in [0.1, 0.15) is 0 Å². The first-order valence-corrected chi connectivity index (χ1v) is 7.61. The quantitative estimate of drug-likeness (QED) is 0.781. The summed E-state index contributed by atoms with van der Waals surface area (Å²) in [6.45, 7) is 1.93. The number of aromatic nitrogens is 1. The number of nitrogens with zero attached hydrogens (tertiary/aromatic N) is 1. The Morgan fingerprint density at radius 2 is 2.12 bits per heavy atom. The maximum absolute atomic E-state index is 11.3. The molecule has 0 atom stereocenters. The van der Waals surface area contributed by atoms with Gasteiger partial charge < -0.3 is 0 Å². The van der Waals surface area contributed by atoms with Gasteiger partial charge in [-0.1, -0.05) is 6.07 Å². The summed E-state index contributed by atoms with van der Waals surface area (Å²) in [7, 11) is 2.01. The molecule has 0 unspecified atom stereocenters. The van der Waals surface area contributed by atoms with Crippen LogP contribution in [0.2, 0.25) is 0 Å². The topological polar surface area (TPSA) is 47.0 Å². The molecule has 1 aromatic rings. The van der Waals surface area contributed by atoms with Crippen molar-refractivity contribution in [2.45, 2.75) is 37.4 Å². The molecular formula is C11H14ClNO2S. The number of aryl methyl sites for hydroxylation is 2. The molecule has 16 heavy (non-hydrogen) atoms. The predicted octanol–water partition coefficient (Wildman–Crippen LogP) is 2.42. The molecule has 2 rings (SSSR count). The Kier molecular flexibility index (Phi) is 2.97. The number of hydrogen-bond acceptors (Lipinski definition) is 3. The number of hydrogen-bond donors (Lipinski definition) is 0. The highest BCUT2D eigenvalue weighted by atomic mass is 35.7. The fraction of sp³-hybridized carbons (Fsp3) is 0.545. The van der Waals surface area contributed by atoms with Gasteiger partial charge in [-0.15, -0.1) is 0 Å². The molecule has 1 fully saturated rings. The van der Waals surface area contributed by atoms with Crippen LogP contribution in [0.4, 0.5) is 0 Å². The van der Waals surface area contributed by atoms with Gasteiger partial charge in [-0.2, -0.15) is 0 Å². The molecule has 0 N–H and O–H groups in total. The number of pyridine rings is 1. The molecule has 88 valence electrons. The van der Waals surface area contributed by atoms with Crippen LogP contribution in [0, 0.1) is 6.92 Å². The summed E-state index contributed by atoms with van der Waals surface area (Å²) >= 11 is 0. The van der Waals surface area contributed by atoms with E-state index in [2.05, 4.69) is 4.98 Å². The van der Waals surface area contributed by atoms with Gasteiger partial charge in [0.15, 0.2) is 0 Å². The van der Waals surface area contributed by atoms with Crippen LogP contribution in [-0.4, -0.2) is 18.1 Å². The summed E-state index contributed by atoms with van der Waals surface area (Å²) in [5.41, 5.74) is 1.89. The van der Waals surface area contributed by atoms with Crippen LogP contribution < -0.4 is 0 Å². The van der Waals surface area contributed by atoms with Crippen LogP contribution in [0.5, 0.6) is 0 Å². The first-order valence-electron chi connectivity index (χ1n) is 5.30. The first kappa shape index (κ1) is 11.9. The first-order chi connectivity index (χ1) is 7.43. The highest BCUT2D eigenvalue weighted by molar-refractivity contribution is 8.15. The summed E-state index contributed by atoms with van der Waals surface area (Å²) in [6, 6.07) is 5.78. The zero-order valence-electron chi connectivity index (χ0n) is 9.11. The van der Waals surface area contributed by atoms with E-state index >= 15 is 0 Å². The highest BCUT2D eigenvalue weighted by Gasteiger charge is 2.53. The Morgan fingerprint density at radius 3 is 2.62 bits per heavy atom. The molecule has 1 aromatic heterocycles. The predicted molar refractivity (Wildman–Crippen MR) is 64.0 cm³/mol. The van der Waals surface area contributed by atoms with Crippen molar-refractivity contribution in [2.24, 2.45) is 0 Å². The highest BCUT2D eigenvalue weighted by Crippen LogP contribution is 2.48. The Morgan fingerprint density at radius 1 is 1.44 bits per heavy atom. The molecule has 5 heteroatoms. The average Bonchev–Trinajstić information content (AvgIpc) is 2.94. The largest absolute Gasteiger partial charge is 0.258 e. The van der Waals surface area contributed by atoms with Crippen molar-refractivity contribution in [1.29, 1.82) is 0 Å². The van der Waals surface area contributed by atoms with Crippen LogP contribution in [0.25, 0.3) is 0 Å². The van der Waals surface area contributed by atoms with Crippen LogP contribution in [0.15, 0.2) is 18.2 Å². The molecule has 0 aliphatic heterocycles. The van der Waals surface area contributed by atoms with E-state index in [-0.39, 0.29) is 0 Å². The van der Waals surface area contributed by atoms with E-state index in [1.54, 1.807) is 0 Å². The maximum Gasteiger partial charge on any atom is 0.238 e. The molecule has 1 saturated carbocycles. The molecule has 0 aromatic carbocycles. The van der Waals surface area contributed by atoms with E-state index in [1.807, 2.05) is 25.1 Å². The van der Waals surface area contributed by atoms with Crippen molar-refractivity contribution in [3.63, 3.8) is 0 Å². The minimum atomic E-state index is -3.43. The lowest BCUT2D eigenvalue weighted by atomic mass is 10.1. The third kappa shape index (κ3) is 2.38. The summed E-state index contributed by atoms with van der Waals surface area (Å²) in [5, 5.41) is 0. The van der Waals surface area contributed by atoms with Crippen LogP contribution in [0.3, 0.4) is 0 Å². The van der Waals surface area contributed by atoms with Crippen LogP contribution in [-0.2, 0) is 15.5 Å². The van der Waals surface area contributed by atoms with Crippen LogP contribution >= 0.6 is 10.7 Å². The minimum Gasteiger partial charge on any atom is -0.258 e. The van der Waals surface area contributed by atoms with Gasteiger partial charge in [0.25, 0.3) is 0 Å². The molecule has 1 aliphatic carbocycles. The van der Waals surface area contributed by atoms with E-state index in [1.165, 1.54) is 0 Å². The SMILES string of the molecule is Cc1cccc(CCC2(S(=O)(=O)Cl)CC2)n1. The third-order valence-electron chi connectivity index (χ3n) is 3.11. The summed E-state index contributed by atoms with van der Waals surface area (Å²) in [5.74, 6) is 0. The van der Waals surface area contributed by atoms with Crippen molar-refractivity contribution < 1.29 is 8.42 Å². The van der Waals surface area contributed by atoms with Crippen molar-refractivity contribution in [2.75, 3.05) is 0 Å². The normalized spacial score (nSPS) is 18.4. The van der Waals surface area contributed by atoms with Gasteiger partial charge in [0, 0.05) is 22.1 Å². The average molecular weight is 260 g/mol. The van der Waals surface area contributed by atoms with Gasteiger partial charge in [-0.3, -0.25) is 4.98 Å². The second-order valence-electron chi connectivity index (χ2n) is 4.39. The van der Waals surface area contributed by atoms with E-state index in [9.17, 15) is 8.42 Å². The van der Waals surface area contributed by atoms with E-state index in [4.69, 9.17) is 10.7 Å². The second kappa shape index (κ2) is 4.00. The summed E-state index contributed by atoms with van der Waals surface area (Å²) in [6.07, 6.45) is 2.62. The lowest BCUT2D eigenvalue weighted by Gasteiger charge is -2.10.